The average molecular weight is 383 g/mol. The number of benzene rings is 2. The normalized spacial score (nSPS) is 11.1. The molecule has 0 aliphatic heterocycles. The minimum absolute atomic E-state index is 0.123. The van der Waals surface area contributed by atoms with Crippen molar-refractivity contribution in [2.24, 2.45) is 0 Å². The van der Waals surface area contributed by atoms with Crippen LogP contribution in [0, 0.1) is 11.6 Å². The van der Waals surface area contributed by atoms with E-state index in [1.54, 1.807) is 4.90 Å². The molecule has 0 saturated carbocycles. The number of carbonyl (C=O) groups is 1. The number of anilines is 2. The van der Waals surface area contributed by atoms with E-state index in [-0.39, 0.29) is 16.6 Å². The molecule has 2 amide bonds. The van der Waals surface area contributed by atoms with Crippen molar-refractivity contribution in [3.63, 3.8) is 0 Å². The number of nitrogens with one attached hydrogen (secondary N) is 2. The third-order valence-corrected chi connectivity index (χ3v) is 5.02. The Labute approximate surface area is 150 Å². The van der Waals surface area contributed by atoms with E-state index in [1.165, 1.54) is 24.3 Å². The van der Waals surface area contributed by atoms with Crippen LogP contribution in [0.1, 0.15) is 13.8 Å². The number of nitrogens with zero attached hydrogens (tertiary/aromatic N) is 1. The van der Waals surface area contributed by atoms with Gasteiger partial charge in [-0.1, -0.05) is 0 Å². The number of urea groups is 1. The van der Waals surface area contributed by atoms with E-state index in [2.05, 4.69) is 10.0 Å². The lowest BCUT2D eigenvalue weighted by Crippen LogP contribution is -2.34. The SMILES string of the molecule is CCN(CC)C(=O)Nc1ccc(S(=O)(=O)Nc2ccc(F)cc2F)cc1. The van der Waals surface area contributed by atoms with E-state index < -0.39 is 21.7 Å². The molecule has 0 radical (unpaired) electrons. The molecule has 140 valence electrons. The van der Waals surface area contributed by atoms with Gasteiger partial charge in [-0.2, -0.15) is 0 Å². The van der Waals surface area contributed by atoms with Gasteiger partial charge in [0.1, 0.15) is 11.6 Å². The van der Waals surface area contributed by atoms with Gasteiger partial charge in [-0.15, -0.1) is 0 Å². The second-order valence-corrected chi connectivity index (χ2v) is 7.04. The van der Waals surface area contributed by atoms with Crippen LogP contribution >= 0.6 is 0 Å². The van der Waals surface area contributed by atoms with Gasteiger partial charge in [-0.25, -0.2) is 22.0 Å². The van der Waals surface area contributed by atoms with Gasteiger partial charge >= 0.3 is 6.03 Å². The second kappa shape index (κ2) is 8.13. The lowest BCUT2D eigenvalue weighted by Gasteiger charge is -2.19. The van der Waals surface area contributed by atoms with E-state index in [4.69, 9.17) is 0 Å². The van der Waals surface area contributed by atoms with Gasteiger partial charge in [0, 0.05) is 24.8 Å². The maximum Gasteiger partial charge on any atom is 0.321 e. The largest absolute Gasteiger partial charge is 0.325 e. The summed E-state index contributed by atoms with van der Waals surface area (Å²) in [6.45, 7) is 4.78. The molecule has 2 N–H and O–H groups in total. The summed E-state index contributed by atoms with van der Waals surface area (Å²) in [6.07, 6.45) is 0. The molecule has 2 aromatic carbocycles. The van der Waals surface area contributed by atoms with Crippen LogP contribution in [-0.2, 0) is 10.0 Å². The summed E-state index contributed by atoms with van der Waals surface area (Å²) in [5.41, 5.74) is 0.0686. The van der Waals surface area contributed by atoms with Gasteiger partial charge in [0.25, 0.3) is 10.0 Å². The number of rotatable bonds is 6. The molecule has 9 heteroatoms. The Morgan fingerprint density at radius 2 is 1.65 bits per heavy atom. The minimum Gasteiger partial charge on any atom is -0.325 e. The summed E-state index contributed by atoms with van der Waals surface area (Å²) in [5.74, 6) is -1.82. The highest BCUT2D eigenvalue weighted by Crippen LogP contribution is 2.21. The van der Waals surface area contributed by atoms with Crippen molar-refractivity contribution in [1.29, 1.82) is 0 Å². The molecule has 26 heavy (non-hydrogen) atoms. The first kappa shape index (κ1) is 19.6. The monoisotopic (exact) mass is 383 g/mol. The van der Waals surface area contributed by atoms with E-state index in [1.807, 2.05) is 13.8 Å². The third-order valence-electron chi connectivity index (χ3n) is 3.64. The Morgan fingerprint density at radius 1 is 1.04 bits per heavy atom. The van der Waals surface area contributed by atoms with Crippen molar-refractivity contribution in [3.05, 3.63) is 54.1 Å². The van der Waals surface area contributed by atoms with Gasteiger partial charge in [0.15, 0.2) is 0 Å². The molecule has 2 aromatic rings. The van der Waals surface area contributed by atoms with E-state index >= 15 is 0 Å². The molecule has 0 saturated heterocycles. The first-order chi connectivity index (χ1) is 12.3. The Balaban J connectivity index is 2.14. The van der Waals surface area contributed by atoms with Crippen molar-refractivity contribution >= 4 is 27.4 Å². The molecule has 0 spiro atoms. The molecule has 6 nitrogen and oxygen atoms in total. The number of hydrogen-bond acceptors (Lipinski definition) is 3. The third kappa shape index (κ3) is 4.69. The molecular weight excluding hydrogens is 364 g/mol. The van der Waals surface area contributed by atoms with Crippen LogP contribution in [0.4, 0.5) is 25.0 Å². The quantitative estimate of drug-likeness (QED) is 0.799. The highest BCUT2D eigenvalue weighted by Gasteiger charge is 2.17. The smallest absolute Gasteiger partial charge is 0.321 e. The van der Waals surface area contributed by atoms with Gasteiger partial charge in [0.05, 0.1) is 10.6 Å². The lowest BCUT2D eigenvalue weighted by atomic mass is 10.3. The van der Waals surface area contributed by atoms with Crippen molar-refractivity contribution in [3.8, 4) is 0 Å². The molecule has 2 rings (SSSR count). The van der Waals surface area contributed by atoms with Crippen LogP contribution in [0.15, 0.2) is 47.4 Å². The van der Waals surface area contributed by atoms with Gasteiger partial charge in [0.2, 0.25) is 0 Å². The molecule has 0 heterocycles. The molecule has 0 atom stereocenters. The minimum atomic E-state index is -4.06. The van der Waals surface area contributed by atoms with E-state index in [0.717, 1.165) is 12.1 Å². The zero-order valence-electron chi connectivity index (χ0n) is 14.3. The van der Waals surface area contributed by atoms with Crippen molar-refractivity contribution < 1.29 is 22.0 Å². The molecule has 0 aliphatic carbocycles. The van der Waals surface area contributed by atoms with Gasteiger partial charge < -0.3 is 10.2 Å². The maximum atomic E-state index is 13.6. The predicted molar refractivity (Wildman–Crippen MR) is 95.5 cm³/mol. The van der Waals surface area contributed by atoms with Crippen molar-refractivity contribution in [1.82, 2.24) is 4.90 Å². The molecule has 0 unspecified atom stereocenters. The standard InChI is InChI=1S/C17H19F2N3O3S/c1-3-22(4-2)17(23)20-13-6-8-14(9-7-13)26(24,25)21-16-10-5-12(18)11-15(16)19/h5-11,21H,3-4H2,1-2H3,(H,20,23). The highest BCUT2D eigenvalue weighted by molar-refractivity contribution is 7.92. The summed E-state index contributed by atoms with van der Waals surface area (Å²) >= 11 is 0. The zero-order chi connectivity index (χ0) is 19.3. The van der Waals surface area contributed by atoms with Crippen LogP contribution < -0.4 is 10.0 Å². The number of sulfonamides is 1. The maximum absolute atomic E-state index is 13.6. The summed E-state index contributed by atoms with van der Waals surface area (Å²) in [7, 11) is -4.06. The molecule has 0 fully saturated rings. The van der Waals surface area contributed by atoms with E-state index in [0.29, 0.717) is 24.8 Å². The highest BCUT2D eigenvalue weighted by atomic mass is 32.2. The first-order valence-corrected chi connectivity index (χ1v) is 9.39. The Morgan fingerprint density at radius 3 is 2.19 bits per heavy atom. The molecular formula is C17H19F2N3O3S. The average Bonchev–Trinajstić information content (AvgIpc) is 2.59. The fourth-order valence-electron chi connectivity index (χ4n) is 2.21. The molecule has 0 aliphatic rings. The van der Waals surface area contributed by atoms with E-state index in [9.17, 15) is 22.0 Å². The van der Waals surface area contributed by atoms with Crippen molar-refractivity contribution in [2.45, 2.75) is 18.7 Å². The fourth-order valence-corrected chi connectivity index (χ4v) is 3.27. The van der Waals surface area contributed by atoms with Gasteiger partial charge in [-0.3, -0.25) is 4.72 Å². The Kier molecular flexibility index (Phi) is 6.14. The number of halogens is 2. The van der Waals surface area contributed by atoms with Gasteiger partial charge in [-0.05, 0) is 50.2 Å². The first-order valence-electron chi connectivity index (χ1n) is 7.90. The van der Waals surface area contributed by atoms with Crippen LogP contribution in [0.3, 0.4) is 0 Å². The summed E-state index contributed by atoms with van der Waals surface area (Å²) in [5, 5.41) is 2.66. The fraction of sp³-hybridized carbons (Fsp3) is 0.235. The number of carbonyl (C=O) groups excluding carboxylic acids is 1. The Bertz CT molecular complexity index is 883. The lowest BCUT2D eigenvalue weighted by molar-refractivity contribution is 0.217. The summed E-state index contributed by atoms with van der Waals surface area (Å²) in [4.78, 5) is 13.4. The Hall–Kier alpha value is -2.68. The van der Waals surface area contributed by atoms with Crippen LogP contribution in [-0.4, -0.2) is 32.4 Å². The zero-order valence-corrected chi connectivity index (χ0v) is 15.1. The van der Waals surface area contributed by atoms with Crippen molar-refractivity contribution in [2.75, 3.05) is 23.1 Å². The summed E-state index contributed by atoms with van der Waals surface area (Å²) in [6, 6.07) is 7.66. The topological polar surface area (TPSA) is 78.5 Å². The number of hydrogen-bond donors (Lipinski definition) is 2. The molecule has 0 aromatic heterocycles. The van der Waals surface area contributed by atoms with Crippen LogP contribution in [0.2, 0.25) is 0 Å². The predicted octanol–water partition coefficient (Wildman–Crippen LogP) is 3.64. The second-order valence-electron chi connectivity index (χ2n) is 5.36. The number of amides is 2. The van der Waals surface area contributed by atoms with Crippen LogP contribution in [0.25, 0.3) is 0 Å². The van der Waals surface area contributed by atoms with Crippen LogP contribution in [0.5, 0.6) is 0 Å². The summed E-state index contributed by atoms with van der Waals surface area (Å²) < 4.78 is 53.2. The molecule has 0 bridgehead atoms.